The van der Waals surface area contributed by atoms with Gasteiger partial charge in [0.1, 0.15) is 0 Å². The van der Waals surface area contributed by atoms with Gasteiger partial charge in [0, 0.05) is 6.55 Å². The fourth-order valence-corrected chi connectivity index (χ4v) is 29.3. The lowest BCUT2D eigenvalue weighted by molar-refractivity contribution is 0.179. The molecule has 0 aliphatic heterocycles. The molecule has 0 amide bonds. The molecule has 32 heavy (non-hydrogen) atoms. The van der Waals surface area contributed by atoms with E-state index in [1.807, 2.05) is 19.6 Å². The lowest BCUT2D eigenvalue weighted by Gasteiger charge is -2.43. The summed E-state index contributed by atoms with van der Waals surface area (Å²) in [7, 11) is -17.4. The first-order chi connectivity index (χ1) is 13.9. The zero-order valence-electron chi connectivity index (χ0n) is 23.1. The van der Waals surface area contributed by atoms with Gasteiger partial charge in [0.25, 0.3) is 0 Å². The second-order valence-corrected chi connectivity index (χ2v) is 39.7. The zero-order valence-corrected chi connectivity index (χ0v) is 31.1. The number of rotatable bonds is 15. The van der Waals surface area contributed by atoms with Crippen molar-refractivity contribution in [1.82, 2.24) is 0 Å². The van der Waals surface area contributed by atoms with Crippen LogP contribution < -0.4 is 0 Å². The first kappa shape index (κ1) is 33.2. The van der Waals surface area contributed by atoms with Crippen molar-refractivity contribution in [3.63, 3.8) is 0 Å². The van der Waals surface area contributed by atoms with Crippen molar-refractivity contribution in [3.05, 3.63) is 12.3 Å². The summed E-state index contributed by atoms with van der Waals surface area (Å²) in [5, 5.41) is 0. The Balaban J connectivity index is 6.19. The third-order valence-electron chi connectivity index (χ3n) is 3.03. The predicted octanol–water partition coefficient (Wildman–Crippen LogP) is 5.91. The molecule has 0 spiro atoms. The largest absolute Gasteiger partial charge is 0.503 e. The van der Waals surface area contributed by atoms with E-state index in [2.05, 4.69) is 85.1 Å². The van der Waals surface area contributed by atoms with Crippen LogP contribution in [-0.4, -0.2) is 69.4 Å². The fourth-order valence-electron chi connectivity index (χ4n) is 2.93. The summed E-state index contributed by atoms with van der Waals surface area (Å²) in [6, 6.07) is 0. The van der Waals surface area contributed by atoms with Crippen molar-refractivity contribution in [2.24, 2.45) is 0 Å². The maximum Gasteiger partial charge on any atom is 0.503 e. The summed E-state index contributed by atoms with van der Waals surface area (Å²) in [6.07, 6.45) is 0. The second kappa shape index (κ2) is 12.0. The predicted molar refractivity (Wildman–Crippen MR) is 152 cm³/mol. The number of hydrogen-bond acceptors (Lipinski definition) is 7. The third kappa shape index (κ3) is 16.0. The van der Waals surface area contributed by atoms with Gasteiger partial charge in [-0.15, -0.1) is 6.58 Å². The molecule has 7 nitrogen and oxygen atoms in total. The van der Waals surface area contributed by atoms with Crippen LogP contribution in [0.5, 0.6) is 0 Å². The first-order valence-corrected chi connectivity index (χ1v) is 32.3. The van der Waals surface area contributed by atoms with E-state index in [0.29, 0.717) is 0 Å². The smallest absolute Gasteiger partial charge is 0.436 e. The van der Waals surface area contributed by atoms with E-state index in [0.717, 1.165) is 0 Å². The van der Waals surface area contributed by atoms with Crippen molar-refractivity contribution < 1.29 is 28.8 Å². The zero-order chi connectivity index (χ0) is 25.8. The molecule has 0 unspecified atom stereocenters. The van der Waals surface area contributed by atoms with Gasteiger partial charge in [-0.05, 0) is 97.4 Å². The van der Waals surface area contributed by atoms with Crippen LogP contribution in [0.25, 0.3) is 0 Å². The molecule has 0 heterocycles. The van der Waals surface area contributed by atoms with Crippen LogP contribution in [-0.2, 0) is 28.8 Å². The van der Waals surface area contributed by atoms with Crippen LogP contribution in [0.1, 0.15) is 0 Å². The van der Waals surface area contributed by atoms with E-state index in [1.165, 1.54) is 0 Å². The summed E-state index contributed by atoms with van der Waals surface area (Å²) in [5.41, 5.74) is 1.70. The van der Waals surface area contributed by atoms with E-state index in [1.54, 1.807) is 5.70 Å². The van der Waals surface area contributed by atoms with Gasteiger partial charge in [0.15, 0.2) is 33.3 Å². The van der Waals surface area contributed by atoms with Crippen LogP contribution in [0.2, 0.25) is 98.2 Å². The van der Waals surface area contributed by atoms with Crippen LogP contribution in [0.15, 0.2) is 12.3 Å². The van der Waals surface area contributed by atoms with Crippen molar-refractivity contribution in [2.45, 2.75) is 98.2 Å². The Morgan fingerprint density at radius 3 is 1.03 bits per heavy atom. The first-order valence-electron chi connectivity index (χ1n) is 11.1. The van der Waals surface area contributed by atoms with Crippen LogP contribution in [0.4, 0.5) is 0 Å². The summed E-state index contributed by atoms with van der Waals surface area (Å²) < 4.78 is 45.5. The molecule has 0 saturated heterocycles. The average Bonchev–Trinajstić information content (AvgIpc) is 2.36. The number of hydrogen-bond donors (Lipinski definition) is 0. The maximum absolute atomic E-state index is 6.76. The Morgan fingerprint density at radius 1 is 0.500 bits per heavy atom. The summed E-state index contributed by atoms with van der Waals surface area (Å²) in [6.45, 7) is 35.7. The molecule has 2 radical (unpaired) electrons. The summed E-state index contributed by atoms with van der Waals surface area (Å²) in [5.74, 6) is 0. The topological polar surface area (TPSA) is 64.6 Å². The molecular weight excluding hydrogens is 541 g/mol. The molecule has 15 heteroatoms. The molecular formula is C17H48O7Si8. The standard InChI is InChI=1S/C17H48O7Si8/c1-17-32(20-25(2)18-27(4,5)6,21-26(3)19-28(7,8)9)24-31(16,22-29(10,11)12)23-30(13,14)15/h17H,1H2,2-16H3. The van der Waals surface area contributed by atoms with Gasteiger partial charge >= 0.3 is 36.2 Å². The van der Waals surface area contributed by atoms with Crippen molar-refractivity contribution >= 4 is 69.4 Å². The van der Waals surface area contributed by atoms with Crippen LogP contribution in [0.3, 0.4) is 0 Å². The average molecular weight is 589 g/mol. The Kier molecular flexibility index (Phi) is 12.4. The van der Waals surface area contributed by atoms with Gasteiger partial charge in [-0.1, -0.05) is 0 Å². The Labute approximate surface area is 208 Å². The van der Waals surface area contributed by atoms with Crippen LogP contribution >= 0.6 is 0 Å². The van der Waals surface area contributed by atoms with Crippen molar-refractivity contribution in [2.75, 3.05) is 0 Å². The van der Waals surface area contributed by atoms with Gasteiger partial charge in [-0.3, -0.25) is 0 Å². The summed E-state index contributed by atoms with van der Waals surface area (Å²) in [4.78, 5) is 0. The van der Waals surface area contributed by atoms with Gasteiger partial charge in [0.2, 0.25) is 0 Å². The minimum absolute atomic E-state index is 1.65. The van der Waals surface area contributed by atoms with Gasteiger partial charge in [0.05, 0.1) is 0 Å². The molecule has 0 aromatic rings. The highest BCUT2D eigenvalue weighted by atomic mass is 28.5. The minimum Gasteiger partial charge on any atom is -0.436 e. The molecule has 190 valence electrons. The third-order valence-corrected chi connectivity index (χ3v) is 25.8. The minimum atomic E-state index is -3.43. The van der Waals surface area contributed by atoms with E-state index < -0.39 is 69.4 Å². The van der Waals surface area contributed by atoms with E-state index in [-0.39, 0.29) is 0 Å². The quantitative estimate of drug-likeness (QED) is 0.220. The Hall–Kier alpha value is 1.20. The monoisotopic (exact) mass is 588 g/mol. The molecule has 0 N–H and O–H groups in total. The molecule has 0 bridgehead atoms. The molecule has 0 rings (SSSR count). The SMILES string of the molecule is C=C[Si](O[Si](C)O[Si](C)(C)C)(O[Si](C)O[Si](C)(C)C)O[Si](C)(O[Si](C)(C)C)O[Si](C)(C)C. The Bertz CT molecular complexity index is 556. The molecule has 0 atom stereocenters. The molecule has 0 fully saturated rings. The maximum atomic E-state index is 6.76. The Morgan fingerprint density at radius 2 is 0.812 bits per heavy atom. The molecule has 0 aromatic carbocycles. The van der Waals surface area contributed by atoms with E-state index in [4.69, 9.17) is 28.8 Å². The van der Waals surface area contributed by atoms with E-state index >= 15 is 0 Å². The lowest BCUT2D eigenvalue weighted by Crippen LogP contribution is -2.64. The van der Waals surface area contributed by atoms with Crippen molar-refractivity contribution in [3.8, 4) is 0 Å². The molecule has 0 aliphatic rings. The summed E-state index contributed by atoms with van der Waals surface area (Å²) >= 11 is 0. The molecule has 0 saturated carbocycles. The molecule has 0 aromatic heterocycles. The van der Waals surface area contributed by atoms with E-state index in [9.17, 15) is 0 Å². The van der Waals surface area contributed by atoms with Gasteiger partial charge in [-0.25, -0.2) is 0 Å². The normalized spacial score (nSPS) is 15.0. The van der Waals surface area contributed by atoms with Crippen molar-refractivity contribution in [1.29, 1.82) is 0 Å². The highest BCUT2D eigenvalue weighted by Gasteiger charge is 2.54. The lowest BCUT2D eigenvalue weighted by atomic mass is 11.3. The van der Waals surface area contributed by atoms with Gasteiger partial charge in [-0.2, -0.15) is 0 Å². The molecule has 0 aliphatic carbocycles. The van der Waals surface area contributed by atoms with Gasteiger partial charge < -0.3 is 28.8 Å². The fraction of sp³-hybridized carbons (Fsp3) is 0.882. The highest BCUT2D eigenvalue weighted by molar-refractivity contribution is 6.91. The highest BCUT2D eigenvalue weighted by Crippen LogP contribution is 2.28. The van der Waals surface area contributed by atoms with Crippen LogP contribution in [0, 0.1) is 0 Å². The second-order valence-electron chi connectivity index (χ2n) is 11.8.